The molecule has 0 spiro atoms. The Bertz CT molecular complexity index is 373. The molecule has 3 nitrogen and oxygen atoms in total. The largest absolute Gasteiger partial charge is 0.446 e. The third-order valence-corrected chi connectivity index (χ3v) is 1.19. The first kappa shape index (κ1) is 5.21. The molecule has 1 aliphatic rings. The van der Waals surface area contributed by atoms with E-state index in [-0.39, 0.29) is 0 Å². The zero-order valence-electron chi connectivity index (χ0n) is 5.11. The molecule has 48 valence electrons. The van der Waals surface area contributed by atoms with Crippen LogP contribution in [0, 0.1) is 0 Å². The van der Waals surface area contributed by atoms with Crippen LogP contribution in [0.25, 0.3) is 6.20 Å². The second-order valence-corrected chi connectivity index (χ2v) is 1.83. The molecule has 1 aromatic heterocycles. The maximum absolute atomic E-state index is 5.01. The first-order chi connectivity index (χ1) is 4.97. The summed E-state index contributed by atoms with van der Waals surface area (Å²) in [6.45, 7) is 0. The Balaban J connectivity index is 2.94. The topological polar surface area (TPSA) is 37.9 Å². The molecule has 1 aliphatic heterocycles. The second-order valence-electron chi connectivity index (χ2n) is 1.83. The van der Waals surface area contributed by atoms with Crippen LogP contribution in [0.3, 0.4) is 0 Å². The molecule has 0 N–H and O–H groups in total. The van der Waals surface area contributed by atoms with Crippen molar-refractivity contribution in [2.75, 3.05) is 0 Å². The Morgan fingerprint density at radius 3 is 3.50 bits per heavy atom. The van der Waals surface area contributed by atoms with E-state index in [0.717, 1.165) is 5.22 Å². The van der Waals surface area contributed by atoms with Crippen molar-refractivity contribution in [2.24, 2.45) is 9.98 Å². The van der Waals surface area contributed by atoms with Gasteiger partial charge < -0.3 is 4.42 Å². The van der Waals surface area contributed by atoms with Crippen LogP contribution in [-0.2, 0) is 0 Å². The summed E-state index contributed by atoms with van der Waals surface area (Å²) >= 11 is 0. The van der Waals surface area contributed by atoms with Crippen molar-refractivity contribution in [2.45, 2.75) is 0 Å². The van der Waals surface area contributed by atoms with Crippen molar-refractivity contribution in [1.29, 1.82) is 0 Å². The molecule has 1 aromatic rings. The van der Waals surface area contributed by atoms with Gasteiger partial charge in [0.2, 0.25) is 5.55 Å². The van der Waals surface area contributed by atoms with Crippen molar-refractivity contribution in [3.05, 3.63) is 29.3 Å². The Hall–Kier alpha value is -1.60. The standard InChI is InChI=1S/C7H4N2O/c1-4-10-7-6(1)5-8-2-3-9-7/h1,3-5H. The lowest BCUT2D eigenvalue weighted by atomic mass is 10.5. The molecule has 2 heterocycles. The molecule has 0 unspecified atom stereocenters. The fourth-order valence-corrected chi connectivity index (χ4v) is 0.742. The van der Waals surface area contributed by atoms with E-state index in [1.54, 1.807) is 12.5 Å². The predicted molar refractivity (Wildman–Crippen MR) is 36.0 cm³/mol. The average Bonchev–Trinajstić information content (AvgIpc) is 2.28. The summed E-state index contributed by atoms with van der Waals surface area (Å²) in [5, 5.41) is 0.890. The maximum atomic E-state index is 5.01. The molecule has 0 saturated carbocycles. The van der Waals surface area contributed by atoms with Crippen LogP contribution in [-0.4, -0.2) is 5.87 Å². The monoisotopic (exact) mass is 132 g/mol. The summed E-state index contributed by atoms with van der Waals surface area (Å²) in [6.07, 6.45) is 4.72. The van der Waals surface area contributed by atoms with E-state index in [2.05, 4.69) is 15.9 Å². The van der Waals surface area contributed by atoms with Crippen LogP contribution < -0.4 is 10.8 Å². The van der Waals surface area contributed by atoms with Gasteiger partial charge in [-0.25, -0.2) is 9.98 Å². The summed E-state index contributed by atoms with van der Waals surface area (Å²) in [5.41, 5.74) is 0.591. The summed E-state index contributed by atoms with van der Waals surface area (Å²) in [6, 6.07) is 1.81. The van der Waals surface area contributed by atoms with Crippen LogP contribution in [0.5, 0.6) is 0 Å². The van der Waals surface area contributed by atoms with Crippen LogP contribution in [0.2, 0.25) is 0 Å². The number of nitrogens with zero attached hydrogens (tertiary/aromatic N) is 2. The van der Waals surface area contributed by atoms with E-state index < -0.39 is 0 Å². The Kier molecular flexibility index (Phi) is 1.03. The zero-order valence-corrected chi connectivity index (χ0v) is 5.11. The van der Waals surface area contributed by atoms with E-state index >= 15 is 0 Å². The molecular formula is C7H4N2O. The predicted octanol–water partition coefficient (Wildman–Crippen LogP) is -0.166. The zero-order chi connectivity index (χ0) is 6.81. The molecule has 0 bridgehead atoms. The third kappa shape index (κ3) is 0.694. The lowest BCUT2D eigenvalue weighted by Gasteiger charge is -1.68. The van der Waals surface area contributed by atoms with Crippen LogP contribution in [0.1, 0.15) is 0 Å². The highest BCUT2D eigenvalue weighted by molar-refractivity contribution is 5.56. The van der Waals surface area contributed by atoms with Gasteiger partial charge in [-0.3, -0.25) is 0 Å². The Morgan fingerprint density at radius 1 is 1.50 bits per heavy atom. The van der Waals surface area contributed by atoms with Gasteiger partial charge in [0.05, 0.1) is 17.7 Å². The van der Waals surface area contributed by atoms with Gasteiger partial charge in [-0.2, -0.15) is 0 Å². The van der Waals surface area contributed by atoms with Crippen molar-refractivity contribution >= 4 is 12.1 Å². The quantitative estimate of drug-likeness (QED) is 0.483. The van der Waals surface area contributed by atoms with Gasteiger partial charge >= 0.3 is 0 Å². The van der Waals surface area contributed by atoms with E-state index in [1.165, 1.54) is 6.20 Å². The molecule has 0 radical (unpaired) electrons. The summed E-state index contributed by atoms with van der Waals surface area (Å²) in [4.78, 5) is 7.72. The van der Waals surface area contributed by atoms with E-state index in [9.17, 15) is 0 Å². The van der Waals surface area contributed by atoms with Crippen molar-refractivity contribution in [1.82, 2.24) is 0 Å². The molecular weight excluding hydrogens is 128 g/mol. The number of hydrogen-bond acceptors (Lipinski definition) is 3. The van der Waals surface area contributed by atoms with Gasteiger partial charge in [0.1, 0.15) is 0 Å². The molecule has 0 atom stereocenters. The number of aliphatic imine (C=N–C) groups is 1. The van der Waals surface area contributed by atoms with Gasteiger partial charge in [-0.15, -0.1) is 0 Å². The second kappa shape index (κ2) is 1.97. The average molecular weight is 132 g/mol. The van der Waals surface area contributed by atoms with Crippen LogP contribution >= 0.6 is 0 Å². The van der Waals surface area contributed by atoms with E-state index in [4.69, 9.17) is 4.42 Å². The van der Waals surface area contributed by atoms with Crippen LogP contribution in [0.15, 0.2) is 32.9 Å². The van der Waals surface area contributed by atoms with Gasteiger partial charge in [-0.1, -0.05) is 0 Å². The highest BCUT2D eigenvalue weighted by Crippen LogP contribution is 1.75. The molecule has 0 aromatic carbocycles. The first-order valence-corrected chi connectivity index (χ1v) is 2.85. The van der Waals surface area contributed by atoms with Gasteiger partial charge in [0, 0.05) is 12.1 Å². The normalized spacial score (nSPS) is 13.2. The number of fused-ring (bicyclic) bond motifs is 1. The van der Waals surface area contributed by atoms with Gasteiger partial charge in [0.15, 0.2) is 0 Å². The highest BCUT2D eigenvalue weighted by Gasteiger charge is 1.88. The smallest absolute Gasteiger partial charge is 0.228 e. The van der Waals surface area contributed by atoms with Crippen molar-refractivity contribution in [3.8, 4) is 0 Å². The molecule has 0 amide bonds. The van der Waals surface area contributed by atoms with Crippen molar-refractivity contribution in [3.63, 3.8) is 0 Å². The molecule has 3 heteroatoms. The lowest BCUT2D eigenvalue weighted by Crippen LogP contribution is -2.17. The van der Waals surface area contributed by atoms with E-state index in [0.29, 0.717) is 5.55 Å². The fourth-order valence-electron chi connectivity index (χ4n) is 0.742. The summed E-state index contributed by atoms with van der Waals surface area (Å²) in [7, 11) is 0. The molecule has 0 fully saturated rings. The molecule has 0 aliphatic carbocycles. The van der Waals surface area contributed by atoms with Gasteiger partial charge in [-0.05, 0) is 6.07 Å². The number of hydrogen-bond donors (Lipinski definition) is 0. The first-order valence-electron chi connectivity index (χ1n) is 2.85. The summed E-state index contributed by atoms with van der Waals surface area (Å²) in [5.74, 6) is 2.60. The fraction of sp³-hybridized carbons (Fsp3) is 0. The molecule has 2 rings (SSSR count). The molecule has 10 heavy (non-hydrogen) atoms. The Morgan fingerprint density at radius 2 is 2.50 bits per heavy atom. The van der Waals surface area contributed by atoms with E-state index in [1.807, 2.05) is 6.07 Å². The number of furan rings is 1. The van der Waals surface area contributed by atoms with Gasteiger partial charge in [0.25, 0.3) is 0 Å². The maximum Gasteiger partial charge on any atom is 0.228 e. The third-order valence-electron chi connectivity index (χ3n) is 1.19. The summed E-state index contributed by atoms with van der Waals surface area (Å²) < 4.78 is 5.01. The van der Waals surface area contributed by atoms with Crippen LogP contribution in [0.4, 0.5) is 0 Å². The minimum Gasteiger partial charge on any atom is -0.446 e. The SMILES string of the molecule is C1=CN=c2occc2=CN=1. The molecule has 0 saturated heterocycles. The minimum atomic E-state index is 0.591. The number of rotatable bonds is 0. The Labute approximate surface area is 56.7 Å². The minimum absolute atomic E-state index is 0.591. The lowest BCUT2D eigenvalue weighted by molar-refractivity contribution is 0.511. The highest BCUT2D eigenvalue weighted by atomic mass is 16.3. The van der Waals surface area contributed by atoms with Crippen molar-refractivity contribution < 1.29 is 4.42 Å².